The summed E-state index contributed by atoms with van der Waals surface area (Å²) in [5, 5.41) is 1.72. The minimum Gasteiger partial charge on any atom is -0.465 e. The van der Waals surface area contributed by atoms with Crippen LogP contribution in [0.2, 0.25) is 0 Å². The summed E-state index contributed by atoms with van der Waals surface area (Å²) in [6, 6.07) is 15.7. The van der Waals surface area contributed by atoms with Crippen molar-refractivity contribution in [1.82, 2.24) is 0 Å². The monoisotopic (exact) mass is 320 g/mol. The highest BCUT2D eigenvalue weighted by Gasteiger charge is 2.11. The lowest BCUT2D eigenvalue weighted by Crippen LogP contribution is -2.01. The van der Waals surface area contributed by atoms with E-state index >= 15 is 0 Å². The first-order valence-corrected chi connectivity index (χ1v) is 7.82. The SMILES string of the molecule is COC(=O)/C(=C/Sc1ccc(F)cc1)Sc1ccccc1. The van der Waals surface area contributed by atoms with Crippen LogP contribution < -0.4 is 0 Å². The van der Waals surface area contributed by atoms with Crippen molar-refractivity contribution in [1.29, 1.82) is 0 Å². The fraction of sp³-hybridized carbons (Fsp3) is 0.0625. The van der Waals surface area contributed by atoms with Crippen LogP contribution in [0.5, 0.6) is 0 Å². The van der Waals surface area contributed by atoms with Crippen molar-refractivity contribution in [3.05, 3.63) is 70.7 Å². The molecule has 0 fully saturated rings. The molecular weight excluding hydrogens is 307 g/mol. The van der Waals surface area contributed by atoms with Gasteiger partial charge < -0.3 is 4.74 Å². The minimum atomic E-state index is -0.390. The van der Waals surface area contributed by atoms with Crippen LogP contribution in [0, 0.1) is 5.82 Å². The van der Waals surface area contributed by atoms with E-state index in [0.29, 0.717) is 4.91 Å². The van der Waals surface area contributed by atoms with E-state index in [4.69, 9.17) is 4.74 Å². The van der Waals surface area contributed by atoms with Gasteiger partial charge >= 0.3 is 5.97 Å². The Balaban J connectivity index is 2.13. The molecule has 21 heavy (non-hydrogen) atoms. The van der Waals surface area contributed by atoms with Gasteiger partial charge in [-0.1, -0.05) is 41.7 Å². The quantitative estimate of drug-likeness (QED) is 0.452. The summed E-state index contributed by atoms with van der Waals surface area (Å²) in [5.41, 5.74) is 0. The van der Waals surface area contributed by atoms with E-state index in [-0.39, 0.29) is 5.82 Å². The summed E-state index contributed by atoms with van der Waals surface area (Å²) in [5.74, 6) is -0.673. The molecule has 0 aliphatic heterocycles. The van der Waals surface area contributed by atoms with Crippen molar-refractivity contribution >= 4 is 29.5 Å². The predicted octanol–water partition coefficient (Wildman–Crippen LogP) is 4.72. The Morgan fingerprint density at radius 1 is 1.05 bits per heavy atom. The smallest absolute Gasteiger partial charge is 0.345 e. The van der Waals surface area contributed by atoms with Gasteiger partial charge in [-0.25, -0.2) is 9.18 Å². The lowest BCUT2D eigenvalue weighted by molar-refractivity contribution is -0.135. The van der Waals surface area contributed by atoms with E-state index in [1.807, 2.05) is 30.3 Å². The highest BCUT2D eigenvalue weighted by molar-refractivity contribution is 8.06. The van der Waals surface area contributed by atoms with Crippen LogP contribution in [0.4, 0.5) is 4.39 Å². The van der Waals surface area contributed by atoms with Gasteiger partial charge in [0.1, 0.15) is 10.7 Å². The molecule has 2 nitrogen and oxygen atoms in total. The summed E-state index contributed by atoms with van der Waals surface area (Å²) in [6.45, 7) is 0. The van der Waals surface area contributed by atoms with Crippen LogP contribution in [0.25, 0.3) is 0 Å². The molecule has 0 N–H and O–H groups in total. The van der Waals surface area contributed by atoms with Crippen molar-refractivity contribution in [3.8, 4) is 0 Å². The topological polar surface area (TPSA) is 26.3 Å². The molecule has 0 aliphatic carbocycles. The third-order valence-corrected chi connectivity index (χ3v) is 4.53. The second-order valence-electron chi connectivity index (χ2n) is 3.96. The first kappa shape index (κ1) is 15.7. The Hall–Kier alpha value is -1.72. The van der Waals surface area contributed by atoms with Crippen molar-refractivity contribution in [2.24, 2.45) is 0 Å². The molecule has 0 heterocycles. The van der Waals surface area contributed by atoms with Crippen LogP contribution in [0.15, 0.2) is 74.7 Å². The van der Waals surface area contributed by atoms with Crippen LogP contribution in [-0.2, 0) is 9.53 Å². The van der Waals surface area contributed by atoms with Gasteiger partial charge in [0.05, 0.1) is 7.11 Å². The standard InChI is InChI=1S/C16H13FO2S2/c1-19-16(18)15(21-14-5-3-2-4-6-14)11-20-13-9-7-12(17)8-10-13/h2-11H,1H3/b15-11-. The van der Waals surface area contributed by atoms with Gasteiger partial charge in [0, 0.05) is 9.79 Å². The van der Waals surface area contributed by atoms with E-state index in [1.54, 1.807) is 17.5 Å². The van der Waals surface area contributed by atoms with Gasteiger partial charge in [-0.15, -0.1) is 0 Å². The van der Waals surface area contributed by atoms with Gasteiger partial charge in [-0.3, -0.25) is 0 Å². The molecule has 0 unspecified atom stereocenters. The zero-order chi connectivity index (χ0) is 15.1. The highest BCUT2D eigenvalue weighted by atomic mass is 32.2. The Kier molecular flexibility index (Phi) is 5.90. The zero-order valence-electron chi connectivity index (χ0n) is 11.3. The summed E-state index contributed by atoms with van der Waals surface area (Å²) in [4.78, 5) is 14.1. The van der Waals surface area contributed by atoms with Crippen LogP contribution in [0.1, 0.15) is 0 Å². The van der Waals surface area contributed by atoms with Gasteiger partial charge in [-0.2, -0.15) is 0 Å². The van der Waals surface area contributed by atoms with Crippen LogP contribution >= 0.6 is 23.5 Å². The van der Waals surface area contributed by atoms with Gasteiger partial charge in [0.15, 0.2) is 0 Å². The molecule has 2 rings (SSSR count). The molecule has 0 aromatic heterocycles. The van der Waals surface area contributed by atoms with Crippen LogP contribution in [0.3, 0.4) is 0 Å². The molecule has 0 atom stereocenters. The third-order valence-electron chi connectivity index (χ3n) is 2.47. The number of rotatable bonds is 5. The second-order valence-corrected chi connectivity index (χ2v) is 6.02. The number of thioether (sulfide) groups is 2. The number of methoxy groups -OCH3 is 1. The Bertz CT molecular complexity index is 624. The van der Waals surface area contributed by atoms with Crippen molar-refractivity contribution in [3.63, 3.8) is 0 Å². The van der Waals surface area contributed by atoms with Crippen molar-refractivity contribution < 1.29 is 13.9 Å². The molecule has 0 amide bonds. The zero-order valence-corrected chi connectivity index (χ0v) is 12.9. The lowest BCUT2D eigenvalue weighted by atomic mass is 10.4. The second kappa shape index (κ2) is 7.90. The Labute approximate surface area is 131 Å². The normalized spacial score (nSPS) is 11.2. The number of carbonyl (C=O) groups excluding carboxylic acids is 1. The number of esters is 1. The third kappa shape index (κ3) is 4.95. The summed E-state index contributed by atoms with van der Waals surface area (Å²) in [7, 11) is 1.35. The molecule has 0 spiro atoms. The van der Waals surface area contributed by atoms with Gasteiger partial charge in [0.25, 0.3) is 0 Å². The first-order chi connectivity index (χ1) is 10.2. The molecule has 5 heteroatoms. The van der Waals surface area contributed by atoms with Crippen molar-refractivity contribution in [2.75, 3.05) is 7.11 Å². The molecule has 0 radical (unpaired) electrons. The fourth-order valence-corrected chi connectivity index (χ4v) is 3.15. The number of halogens is 1. The number of carbonyl (C=O) groups is 1. The summed E-state index contributed by atoms with van der Waals surface area (Å²) < 4.78 is 17.6. The Morgan fingerprint density at radius 3 is 2.33 bits per heavy atom. The maximum absolute atomic E-state index is 12.9. The number of hydrogen-bond donors (Lipinski definition) is 0. The molecule has 0 aliphatic rings. The van der Waals surface area contributed by atoms with E-state index in [0.717, 1.165) is 9.79 Å². The molecule has 108 valence electrons. The van der Waals surface area contributed by atoms with E-state index in [2.05, 4.69) is 0 Å². The average molecular weight is 320 g/mol. The first-order valence-electron chi connectivity index (χ1n) is 6.12. The lowest BCUT2D eigenvalue weighted by Gasteiger charge is -2.05. The van der Waals surface area contributed by atoms with Crippen LogP contribution in [-0.4, -0.2) is 13.1 Å². The highest BCUT2D eigenvalue weighted by Crippen LogP contribution is 2.31. The maximum Gasteiger partial charge on any atom is 0.345 e. The molecule has 2 aromatic carbocycles. The van der Waals surface area contributed by atoms with Gasteiger partial charge in [0.2, 0.25) is 0 Å². The van der Waals surface area contributed by atoms with Crippen molar-refractivity contribution in [2.45, 2.75) is 9.79 Å². The van der Waals surface area contributed by atoms with E-state index in [9.17, 15) is 9.18 Å². The number of hydrogen-bond acceptors (Lipinski definition) is 4. The molecule has 0 saturated heterocycles. The average Bonchev–Trinajstić information content (AvgIpc) is 2.53. The molecule has 2 aromatic rings. The summed E-state index contributed by atoms with van der Waals surface area (Å²) in [6.07, 6.45) is 0. The van der Waals surface area contributed by atoms with E-state index < -0.39 is 5.97 Å². The fourth-order valence-electron chi connectivity index (χ4n) is 1.46. The van der Waals surface area contributed by atoms with Gasteiger partial charge in [-0.05, 0) is 41.8 Å². The largest absolute Gasteiger partial charge is 0.465 e. The molecule has 0 saturated carbocycles. The minimum absolute atomic E-state index is 0.282. The summed E-state index contributed by atoms with van der Waals surface area (Å²) >= 11 is 2.69. The van der Waals surface area contributed by atoms with E-state index in [1.165, 1.54) is 42.8 Å². The molecular formula is C16H13FO2S2. The number of ether oxygens (including phenoxy) is 1. The molecule has 0 bridgehead atoms. The maximum atomic E-state index is 12.9. The Morgan fingerprint density at radius 2 is 1.71 bits per heavy atom. The predicted molar refractivity (Wildman–Crippen MR) is 84.7 cm³/mol. The number of benzene rings is 2.